The van der Waals surface area contributed by atoms with Crippen LogP contribution in [0.2, 0.25) is 0 Å². The summed E-state index contributed by atoms with van der Waals surface area (Å²) < 4.78 is 5.67. The van der Waals surface area contributed by atoms with Gasteiger partial charge in [0.1, 0.15) is 5.75 Å². The van der Waals surface area contributed by atoms with Crippen molar-refractivity contribution >= 4 is 46.2 Å². The molecule has 1 aliphatic heterocycles. The Morgan fingerprint density at radius 3 is 2.60 bits per heavy atom. The zero-order valence-corrected chi connectivity index (χ0v) is 20.7. The van der Waals surface area contributed by atoms with Crippen LogP contribution >= 0.6 is 11.8 Å². The summed E-state index contributed by atoms with van der Waals surface area (Å²) in [5, 5.41) is 6.20. The molecular weight excluding hydrogens is 458 g/mol. The number of aryl methyl sites for hydroxylation is 3. The molecule has 0 saturated carbocycles. The Morgan fingerprint density at radius 2 is 1.86 bits per heavy atom. The molecule has 1 aliphatic rings. The molecule has 2 N–H and O–H groups in total. The Hall–Kier alpha value is -3.84. The molecule has 6 nitrogen and oxygen atoms in total. The zero-order valence-electron chi connectivity index (χ0n) is 19.9. The summed E-state index contributed by atoms with van der Waals surface area (Å²) in [7, 11) is 0. The number of anilines is 1. The summed E-state index contributed by atoms with van der Waals surface area (Å²) >= 11 is 1.29. The number of nitrogens with one attached hydrogen (secondary N) is 2. The molecule has 0 bridgehead atoms. The van der Waals surface area contributed by atoms with E-state index in [9.17, 15) is 9.59 Å². The summed E-state index contributed by atoms with van der Waals surface area (Å²) in [6.45, 7) is 6.02. The molecule has 1 fully saturated rings. The third-order valence-electron chi connectivity index (χ3n) is 5.54. The van der Waals surface area contributed by atoms with E-state index in [0.29, 0.717) is 15.8 Å². The summed E-state index contributed by atoms with van der Waals surface area (Å²) in [5.74, 6) is 0.108. The van der Waals surface area contributed by atoms with Crippen LogP contribution in [0, 0.1) is 13.8 Å². The van der Waals surface area contributed by atoms with E-state index in [-0.39, 0.29) is 18.4 Å². The predicted molar refractivity (Wildman–Crippen MR) is 143 cm³/mol. The fourth-order valence-corrected chi connectivity index (χ4v) is 4.26. The Morgan fingerprint density at radius 1 is 1.06 bits per heavy atom. The monoisotopic (exact) mass is 485 g/mol. The average Bonchev–Trinajstić information content (AvgIpc) is 3.19. The number of aliphatic imine (C=N–C) groups is 1. The minimum atomic E-state index is -0.240. The SMILES string of the molecule is CCc1ccc(N=C2NC(=O)/C(=C/c3cccc(OCC(=O)Nc4ccc(C)c(C)c4)c3)S2)cc1. The van der Waals surface area contributed by atoms with E-state index in [1.54, 1.807) is 18.2 Å². The highest BCUT2D eigenvalue weighted by Gasteiger charge is 2.23. The lowest BCUT2D eigenvalue weighted by Crippen LogP contribution is -2.20. The van der Waals surface area contributed by atoms with Crippen molar-refractivity contribution in [1.29, 1.82) is 0 Å². The summed E-state index contributed by atoms with van der Waals surface area (Å²) in [6.07, 6.45) is 2.75. The zero-order chi connectivity index (χ0) is 24.8. The van der Waals surface area contributed by atoms with Crippen LogP contribution in [-0.4, -0.2) is 23.6 Å². The number of carbonyl (C=O) groups excluding carboxylic acids is 2. The number of ether oxygens (including phenoxy) is 1. The number of nitrogens with zero attached hydrogens (tertiary/aromatic N) is 1. The van der Waals surface area contributed by atoms with E-state index in [0.717, 1.165) is 28.9 Å². The van der Waals surface area contributed by atoms with Crippen LogP contribution in [0.4, 0.5) is 11.4 Å². The van der Waals surface area contributed by atoms with Gasteiger partial charge in [-0.25, -0.2) is 4.99 Å². The topological polar surface area (TPSA) is 79.8 Å². The van der Waals surface area contributed by atoms with Gasteiger partial charge in [-0.05, 0) is 96.8 Å². The van der Waals surface area contributed by atoms with Gasteiger partial charge in [0, 0.05) is 5.69 Å². The Kier molecular flexibility index (Phi) is 7.67. The highest BCUT2D eigenvalue weighted by molar-refractivity contribution is 8.18. The predicted octanol–water partition coefficient (Wildman–Crippen LogP) is 5.77. The van der Waals surface area contributed by atoms with Crippen LogP contribution in [0.15, 0.2) is 76.6 Å². The Labute approximate surface area is 209 Å². The van der Waals surface area contributed by atoms with E-state index < -0.39 is 0 Å². The molecule has 3 aromatic rings. The third-order valence-corrected chi connectivity index (χ3v) is 6.45. The number of amides is 2. The second-order valence-electron chi connectivity index (χ2n) is 8.21. The van der Waals surface area contributed by atoms with Crippen LogP contribution < -0.4 is 15.4 Å². The molecule has 0 aromatic heterocycles. The molecule has 0 atom stereocenters. The van der Waals surface area contributed by atoms with E-state index in [1.165, 1.54) is 22.9 Å². The van der Waals surface area contributed by atoms with Gasteiger partial charge in [0.05, 0.1) is 10.6 Å². The van der Waals surface area contributed by atoms with Crippen molar-refractivity contribution in [2.75, 3.05) is 11.9 Å². The molecule has 1 saturated heterocycles. The van der Waals surface area contributed by atoms with Crippen LogP contribution in [0.3, 0.4) is 0 Å². The first-order valence-electron chi connectivity index (χ1n) is 11.4. The van der Waals surface area contributed by atoms with Gasteiger partial charge in [-0.1, -0.05) is 37.3 Å². The Balaban J connectivity index is 1.37. The van der Waals surface area contributed by atoms with Gasteiger partial charge >= 0.3 is 0 Å². The lowest BCUT2D eigenvalue weighted by atomic mass is 10.1. The van der Waals surface area contributed by atoms with Crippen LogP contribution in [0.1, 0.15) is 29.2 Å². The second kappa shape index (κ2) is 11.1. The number of thioether (sulfide) groups is 1. The van der Waals surface area contributed by atoms with E-state index in [4.69, 9.17) is 4.74 Å². The second-order valence-corrected chi connectivity index (χ2v) is 9.24. The number of benzene rings is 3. The molecule has 0 spiro atoms. The standard InChI is InChI=1S/C28H27N3O3S/c1-4-20-9-12-22(13-10-20)30-28-31-27(33)25(35-28)16-21-6-5-7-24(15-21)34-17-26(32)29-23-11-8-18(2)19(3)14-23/h5-16H,4,17H2,1-3H3,(H,29,32)(H,30,31,33)/b25-16-. The normalized spacial score (nSPS) is 15.3. The van der Waals surface area contributed by atoms with Crippen molar-refractivity contribution in [3.05, 3.63) is 93.9 Å². The molecule has 7 heteroatoms. The first-order chi connectivity index (χ1) is 16.9. The summed E-state index contributed by atoms with van der Waals surface area (Å²) in [4.78, 5) is 29.8. The smallest absolute Gasteiger partial charge is 0.264 e. The molecule has 178 valence electrons. The molecule has 3 aromatic carbocycles. The van der Waals surface area contributed by atoms with Crippen molar-refractivity contribution in [3.63, 3.8) is 0 Å². The lowest BCUT2D eigenvalue weighted by Gasteiger charge is -2.09. The van der Waals surface area contributed by atoms with Crippen LogP contribution in [0.25, 0.3) is 6.08 Å². The van der Waals surface area contributed by atoms with Crippen molar-refractivity contribution < 1.29 is 14.3 Å². The summed E-state index contributed by atoms with van der Waals surface area (Å²) in [5.41, 5.74) is 5.85. The highest BCUT2D eigenvalue weighted by Crippen LogP contribution is 2.29. The van der Waals surface area contributed by atoms with Crippen molar-refractivity contribution in [1.82, 2.24) is 5.32 Å². The molecular formula is C28H27N3O3S. The molecule has 1 heterocycles. The van der Waals surface area contributed by atoms with Crippen molar-refractivity contribution in [2.45, 2.75) is 27.2 Å². The van der Waals surface area contributed by atoms with Crippen LogP contribution in [0.5, 0.6) is 5.75 Å². The fourth-order valence-electron chi connectivity index (χ4n) is 3.41. The molecule has 0 unspecified atom stereocenters. The van der Waals surface area contributed by atoms with E-state index in [2.05, 4.69) is 22.5 Å². The number of rotatable bonds is 7. The van der Waals surface area contributed by atoms with Gasteiger partial charge in [0.25, 0.3) is 11.8 Å². The Bertz CT molecular complexity index is 1310. The molecule has 0 aliphatic carbocycles. The van der Waals surface area contributed by atoms with E-state index >= 15 is 0 Å². The molecule has 35 heavy (non-hydrogen) atoms. The minimum absolute atomic E-state index is 0.115. The minimum Gasteiger partial charge on any atom is -0.484 e. The molecule has 0 radical (unpaired) electrons. The largest absolute Gasteiger partial charge is 0.484 e. The van der Waals surface area contributed by atoms with Gasteiger partial charge in [0.2, 0.25) is 0 Å². The van der Waals surface area contributed by atoms with Gasteiger partial charge in [0.15, 0.2) is 11.8 Å². The summed E-state index contributed by atoms with van der Waals surface area (Å²) in [6, 6.07) is 21.0. The molecule has 4 rings (SSSR count). The number of amidine groups is 1. The van der Waals surface area contributed by atoms with Gasteiger partial charge in [-0.3, -0.25) is 9.59 Å². The van der Waals surface area contributed by atoms with Crippen LogP contribution in [-0.2, 0) is 16.0 Å². The number of hydrogen-bond donors (Lipinski definition) is 2. The average molecular weight is 486 g/mol. The van der Waals surface area contributed by atoms with Crippen molar-refractivity contribution in [3.8, 4) is 5.75 Å². The van der Waals surface area contributed by atoms with Gasteiger partial charge in [-0.2, -0.15) is 0 Å². The number of carbonyl (C=O) groups is 2. The number of hydrogen-bond acceptors (Lipinski definition) is 5. The van der Waals surface area contributed by atoms with Gasteiger partial charge in [-0.15, -0.1) is 0 Å². The first kappa shape index (κ1) is 24.3. The lowest BCUT2D eigenvalue weighted by molar-refractivity contribution is -0.118. The molecule has 2 amide bonds. The maximum atomic E-state index is 12.4. The van der Waals surface area contributed by atoms with E-state index in [1.807, 2.05) is 68.4 Å². The van der Waals surface area contributed by atoms with Crippen molar-refractivity contribution in [2.24, 2.45) is 4.99 Å². The first-order valence-corrected chi connectivity index (χ1v) is 12.2. The maximum absolute atomic E-state index is 12.4. The third kappa shape index (κ3) is 6.61. The fraction of sp³-hybridized carbons (Fsp3) is 0.179. The maximum Gasteiger partial charge on any atom is 0.264 e. The quantitative estimate of drug-likeness (QED) is 0.416. The van der Waals surface area contributed by atoms with Gasteiger partial charge < -0.3 is 15.4 Å². The highest BCUT2D eigenvalue weighted by atomic mass is 32.2.